The predicted octanol–water partition coefficient (Wildman–Crippen LogP) is 6.16. The number of esters is 1. The molecule has 0 fully saturated rings. The van der Waals surface area contributed by atoms with Crippen molar-refractivity contribution in [1.82, 2.24) is 9.88 Å². The highest BCUT2D eigenvalue weighted by Gasteiger charge is 2.33. The van der Waals surface area contributed by atoms with Gasteiger partial charge in [0.15, 0.2) is 23.2 Å². The topological polar surface area (TPSA) is 104 Å². The fraction of sp³-hybridized carbons (Fsp3) is 0.273. The lowest BCUT2D eigenvalue weighted by Crippen LogP contribution is -2.48. The Morgan fingerprint density at radius 1 is 0.957 bits per heavy atom. The third kappa shape index (κ3) is 7.56. The van der Waals surface area contributed by atoms with E-state index in [2.05, 4.69) is 5.32 Å². The van der Waals surface area contributed by atoms with Gasteiger partial charge in [-0.3, -0.25) is 19.2 Å². The molecule has 1 aromatic heterocycles. The van der Waals surface area contributed by atoms with Crippen LogP contribution in [0.25, 0.3) is 10.8 Å². The van der Waals surface area contributed by atoms with E-state index in [4.69, 9.17) is 21.1 Å². The molecule has 242 valence electrons. The van der Waals surface area contributed by atoms with Crippen molar-refractivity contribution in [2.45, 2.75) is 51.3 Å². The lowest BCUT2D eigenvalue weighted by molar-refractivity contribution is -0.159. The fourth-order valence-electron chi connectivity index (χ4n) is 4.81. The van der Waals surface area contributed by atoms with Crippen LogP contribution in [0.3, 0.4) is 0 Å². The molecule has 0 spiro atoms. The van der Waals surface area contributed by atoms with E-state index in [0.717, 1.165) is 4.57 Å². The first-order chi connectivity index (χ1) is 21.7. The predicted molar refractivity (Wildman–Crippen MR) is 161 cm³/mol. The first-order valence-electron chi connectivity index (χ1n) is 14.1. The van der Waals surface area contributed by atoms with Gasteiger partial charge in [-0.1, -0.05) is 54.9 Å². The molecular weight excluding hydrogens is 632 g/mol. The Bertz CT molecular complexity index is 1820. The maximum absolute atomic E-state index is 14.2. The van der Waals surface area contributed by atoms with Crippen LogP contribution in [0.2, 0.25) is 5.02 Å². The van der Waals surface area contributed by atoms with Crippen LogP contribution in [-0.2, 0) is 24.7 Å². The molecule has 46 heavy (non-hydrogen) atoms. The summed E-state index contributed by atoms with van der Waals surface area (Å²) in [7, 11) is 0. The van der Waals surface area contributed by atoms with Crippen LogP contribution < -0.4 is 15.6 Å². The van der Waals surface area contributed by atoms with Gasteiger partial charge in [0.05, 0.1) is 6.42 Å². The molecule has 1 N–H and O–H groups in total. The number of hydrogen-bond donors (Lipinski definition) is 1. The number of ether oxygens (including phenoxy) is 2. The van der Waals surface area contributed by atoms with E-state index in [9.17, 15) is 36.7 Å². The minimum atomic E-state index is -1.88. The summed E-state index contributed by atoms with van der Waals surface area (Å²) in [5, 5.41) is 3.52. The lowest BCUT2D eigenvalue weighted by Gasteiger charge is -2.27. The normalized spacial score (nSPS) is 12.8. The van der Waals surface area contributed by atoms with E-state index in [1.54, 1.807) is 69.3 Å². The molecule has 0 saturated heterocycles. The van der Waals surface area contributed by atoms with Crippen molar-refractivity contribution >= 4 is 40.0 Å². The zero-order valence-corrected chi connectivity index (χ0v) is 25.7. The van der Waals surface area contributed by atoms with E-state index >= 15 is 0 Å². The maximum atomic E-state index is 14.2. The third-order valence-corrected chi connectivity index (χ3v) is 7.50. The SMILES string of the molecule is CC[C@@H](C(=O)NC(CC(=O)OC(C)(C)c1ccccc1)C(=O)COc1c(F)c(F)cc(F)c1F)n1ccc2ccc(Cl)cc2c1=O. The van der Waals surface area contributed by atoms with Gasteiger partial charge in [-0.15, -0.1) is 0 Å². The molecule has 13 heteroatoms. The van der Waals surface area contributed by atoms with Crippen LogP contribution in [-0.4, -0.2) is 34.9 Å². The van der Waals surface area contributed by atoms with Crippen LogP contribution in [0.1, 0.15) is 45.2 Å². The second-order valence-corrected chi connectivity index (χ2v) is 11.3. The number of Topliss-reactive ketones (excluding diaryl/α,β-unsaturated/α-hetero) is 1. The Hall–Kier alpha value is -4.71. The number of nitrogens with zero attached hydrogens (tertiary/aromatic N) is 1. The van der Waals surface area contributed by atoms with Crippen LogP contribution in [0, 0.1) is 23.3 Å². The van der Waals surface area contributed by atoms with Gasteiger partial charge < -0.3 is 19.4 Å². The Morgan fingerprint density at radius 2 is 1.61 bits per heavy atom. The number of carbonyl (C=O) groups excluding carboxylic acids is 3. The van der Waals surface area contributed by atoms with Crippen molar-refractivity contribution in [3.63, 3.8) is 0 Å². The van der Waals surface area contributed by atoms with Gasteiger partial charge in [-0.25, -0.2) is 8.78 Å². The van der Waals surface area contributed by atoms with Gasteiger partial charge in [-0.05, 0) is 49.4 Å². The number of rotatable bonds is 12. The number of hydrogen-bond acceptors (Lipinski definition) is 6. The number of carbonyl (C=O) groups is 3. The minimum absolute atomic E-state index is 0.0273. The van der Waals surface area contributed by atoms with Crippen LogP contribution in [0.15, 0.2) is 71.7 Å². The van der Waals surface area contributed by atoms with E-state index in [-0.39, 0.29) is 17.9 Å². The molecule has 3 aromatic carbocycles. The average Bonchev–Trinajstić information content (AvgIpc) is 3.01. The standard InChI is InChI=1S/C33H29ClF4N2O6/c1-4-25(40-13-12-18-10-11-20(34)14-21(18)32(40)44)31(43)39-24(16-27(42)46-33(2,3)19-8-6-5-7-9-19)26(41)17-45-30-28(37)22(35)15-23(36)29(30)38/h5-15,24-25H,4,16-17H2,1-3H3,(H,39,43)/t24?,25-/m0/s1. The van der Waals surface area contributed by atoms with Crippen LogP contribution in [0.5, 0.6) is 5.75 Å². The molecule has 0 aliphatic carbocycles. The van der Waals surface area contributed by atoms with E-state index < -0.39 is 82.9 Å². The number of ketones is 1. The number of nitrogens with one attached hydrogen (secondary N) is 1. The zero-order chi connectivity index (χ0) is 33.8. The quantitative estimate of drug-likeness (QED) is 0.111. The molecule has 4 aromatic rings. The molecule has 1 unspecified atom stereocenters. The summed E-state index contributed by atoms with van der Waals surface area (Å²) >= 11 is 6.06. The highest BCUT2D eigenvalue weighted by molar-refractivity contribution is 6.31. The molecule has 0 bridgehead atoms. The average molecular weight is 661 g/mol. The van der Waals surface area contributed by atoms with Crippen molar-refractivity contribution in [2.24, 2.45) is 0 Å². The second kappa shape index (κ2) is 14.2. The first-order valence-corrected chi connectivity index (χ1v) is 14.5. The molecule has 0 radical (unpaired) electrons. The molecule has 0 saturated carbocycles. The number of fused-ring (bicyclic) bond motifs is 1. The Kier molecular flexibility index (Phi) is 10.5. The van der Waals surface area contributed by atoms with Crippen molar-refractivity contribution in [2.75, 3.05) is 6.61 Å². The van der Waals surface area contributed by atoms with Crippen molar-refractivity contribution in [1.29, 1.82) is 0 Å². The number of benzene rings is 3. The van der Waals surface area contributed by atoms with Gasteiger partial charge >= 0.3 is 5.97 Å². The smallest absolute Gasteiger partial charge is 0.309 e. The van der Waals surface area contributed by atoms with E-state index in [1.165, 1.54) is 12.3 Å². The number of aromatic nitrogens is 1. The van der Waals surface area contributed by atoms with Gasteiger partial charge in [0.1, 0.15) is 24.3 Å². The summed E-state index contributed by atoms with van der Waals surface area (Å²) in [6.07, 6.45) is 0.706. The van der Waals surface area contributed by atoms with Gasteiger partial charge in [0, 0.05) is 22.7 Å². The number of pyridine rings is 1. The minimum Gasteiger partial charge on any atom is -0.479 e. The third-order valence-electron chi connectivity index (χ3n) is 7.26. The first kappa shape index (κ1) is 34.2. The number of amides is 1. The van der Waals surface area contributed by atoms with Crippen LogP contribution in [0.4, 0.5) is 17.6 Å². The molecule has 2 atom stereocenters. The van der Waals surface area contributed by atoms with Gasteiger partial charge in [0.25, 0.3) is 5.56 Å². The Morgan fingerprint density at radius 3 is 2.24 bits per heavy atom. The summed E-state index contributed by atoms with van der Waals surface area (Å²) in [4.78, 5) is 53.2. The highest BCUT2D eigenvalue weighted by Crippen LogP contribution is 2.28. The largest absolute Gasteiger partial charge is 0.479 e. The Labute approximate surface area is 265 Å². The number of halogens is 5. The summed E-state index contributed by atoms with van der Waals surface area (Å²) in [5.41, 5.74) is -1.08. The van der Waals surface area contributed by atoms with Gasteiger partial charge in [-0.2, -0.15) is 8.78 Å². The second-order valence-electron chi connectivity index (χ2n) is 10.9. The molecule has 1 amide bonds. The molecular formula is C33H29ClF4N2O6. The zero-order valence-electron chi connectivity index (χ0n) is 24.9. The summed E-state index contributed by atoms with van der Waals surface area (Å²) in [6, 6.07) is 12.0. The summed E-state index contributed by atoms with van der Waals surface area (Å²) in [6.45, 7) is 3.63. The van der Waals surface area contributed by atoms with Gasteiger partial charge in [0.2, 0.25) is 17.5 Å². The Balaban J connectivity index is 1.61. The monoisotopic (exact) mass is 660 g/mol. The maximum Gasteiger partial charge on any atom is 0.309 e. The van der Waals surface area contributed by atoms with Crippen molar-refractivity contribution in [3.05, 3.63) is 111 Å². The summed E-state index contributed by atoms with van der Waals surface area (Å²) < 4.78 is 67.3. The van der Waals surface area contributed by atoms with E-state index in [0.29, 0.717) is 16.0 Å². The lowest BCUT2D eigenvalue weighted by atomic mass is 9.98. The van der Waals surface area contributed by atoms with E-state index in [1.807, 2.05) is 0 Å². The van der Waals surface area contributed by atoms with Crippen molar-refractivity contribution in [3.8, 4) is 5.75 Å². The molecule has 8 nitrogen and oxygen atoms in total. The highest BCUT2D eigenvalue weighted by atomic mass is 35.5. The summed E-state index contributed by atoms with van der Waals surface area (Å²) in [5.74, 6) is -11.6. The fourth-order valence-corrected chi connectivity index (χ4v) is 4.98. The molecule has 0 aliphatic heterocycles. The molecule has 1 heterocycles. The molecule has 0 aliphatic rings. The van der Waals surface area contributed by atoms with Crippen LogP contribution >= 0.6 is 11.6 Å². The van der Waals surface area contributed by atoms with Crippen molar-refractivity contribution < 1.29 is 41.4 Å². The molecule has 4 rings (SSSR count).